The number of benzene rings is 2. The number of hydrogen-bond donors (Lipinski definition) is 1. The van der Waals surface area contributed by atoms with Crippen molar-refractivity contribution in [3.8, 4) is 5.75 Å². The minimum Gasteiger partial charge on any atom is -0.490 e. The van der Waals surface area contributed by atoms with Gasteiger partial charge < -0.3 is 10.1 Å². The first kappa shape index (κ1) is 13.6. The normalized spacial score (nSPS) is 10.3. The van der Waals surface area contributed by atoms with E-state index in [2.05, 4.69) is 5.32 Å². The molecule has 0 amide bonds. The summed E-state index contributed by atoms with van der Waals surface area (Å²) in [5.74, 6) is -0.331. The summed E-state index contributed by atoms with van der Waals surface area (Å²) < 4.78 is 31.5. The average molecular weight is 284 g/mol. The van der Waals surface area contributed by atoms with E-state index in [1.807, 2.05) is 0 Å². The van der Waals surface area contributed by atoms with Crippen molar-refractivity contribution in [1.82, 2.24) is 0 Å². The third kappa shape index (κ3) is 3.83. The molecule has 0 radical (unpaired) electrons. The molecule has 0 aliphatic rings. The van der Waals surface area contributed by atoms with Crippen LogP contribution in [0.15, 0.2) is 42.5 Å². The highest BCUT2D eigenvalue weighted by atomic mass is 35.5. The van der Waals surface area contributed by atoms with Gasteiger partial charge in [-0.15, -0.1) is 0 Å². The lowest BCUT2D eigenvalue weighted by Gasteiger charge is -2.10. The first-order valence-corrected chi connectivity index (χ1v) is 6.11. The van der Waals surface area contributed by atoms with Crippen molar-refractivity contribution < 1.29 is 13.5 Å². The van der Waals surface area contributed by atoms with Crippen molar-refractivity contribution in [2.75, 3.05) is 18.5 Å². The van der Waals surface area contributed by atoms with Gasteiger partial charge >= 0.3 is 0 Å². The topological polar surface area (TPSA) is 21.3 Å². The Morgan fingerprint density at radius 2 is 1.89 bits per heavy atom. The maximum absolute atomic E-state index is 13.3. The van der Waals surface area contributed by atoms with Crippen molar-refractivity contribution in [3.05, 3.63) is 59.1 Å². The largest absolute Gasteiger partial charge is 0.490 e. The first-order chi connectivity index (χ1) is 9.16. The second-order valence-electron chi connectivity index (χ2n) is 3.83. The van der Waals surface area contributed by atoms with Crippen LogP contribution in [0.2, 0.25) is 5.02 Å². The van der Waals surface area contributed by atoms with E-state index in [0.29, 0.717) is 24.6 Å². The van der Waals surface area contributed by atoms with Gasteiger partial charge in [-0.3, -0.25) is 0 Å². The second kappa shape index (κ2) is 6.38. The van der Waals surface area contributed by atoms with Gasteiger partial charge in [0.2, 0.25) is 0 Å². The van der Waals surface area contributed by atoms with Gasteiger partial charge in [-0.05, 0) is 30.3 Å². The van der Waals surface area contributed by atoms with E-state index in [1.165, 1.54) is 24.3 Å². The Morgan fingerprint density at radius 3 is 2.63 bits per heavy atom. The molecule has 2 aromatic rings. The summed E-state index contributed by atoms with van der Waals surface area (Å²) in [5, 5.41) is 3.11. The Hall–Kier alpha value is -1.81. The summed E-state index contributed by atoms with van der Waals surface area (Å²) in [4.78, 5) is 0. The standard InChI is InChI=1S/C14H12ClF2NO/c15-11-9-10(16)5-6-14(11)19-8-7-18-13-4-2-1-3-12(13)17/h1-6,9,18H,7-8H2. The third-order valence-electron chi connectivity index (χ3n) is 2.44. The van der Waals surface area contributed by atoms with Gasteiger partial charge in [0, 0.05) is 6.54 Å². The highest BCUT2D eigenvalue weighted by Gasteiger charge is 2.03. The predicted molar refractivity (Wildman–Crippen MR) is 71.8 cm³/mol. The maximum atomic E-state index is 13.3. The Bertz CT molecular complexity index is 563. The van der Waals surface area contributed by atoms with E-state index in [1.54, 1.807) is 18.2 Å². The van der Waals surface area contributed by atoms with E-state index in [-0.39, 0.29) is 10.8 Å². The molecule has 0 fully saturated rings. The molecule has 0 saturated heterocycles. The molecule has 0 aliphatic carbocycles. The number of nitrogens with one attached hydrogen (secondary N) is 1. The molecule has 100 valence electrons. The van der Waals surface area contributed by atoms with Crippen LogP contribution in [0.4, 0.5) is 14.5 Å². The molecule has 2 rings (SSSR count). The lowest BCUT2D eigenvalue weighted by molar-refractivity contribution is 0.332. The van der Waals surface area contributed by atoms with Crippen LogP contribution < -0.4 is 10.1 Å². The summed E-state index contributed by atoms with van der Waals surface area (Å²) >= 11 is 5.81. The molecule has 0 aromatic heterocycles. The van der Waals surface area contributed by atoms with Crippen LogP contribution in [-0.2, 0) is 0 Å². The van der Waals surface area contributed by atoms with E-state index in [0.717, 1.165) is 0 Å². The molecule has 0 saturated carbocycles. The van der Waals surface area contributed by atoms with Crippen molar-refractivity contribution in [2.45, 2.75) is 0 Å². The SMILES string of the molecule is Fc1ccc(OCCNc2ccccc2F)c(Cl)c1. The van der Waals surface area contributed by atoms with Gasteiger partial charge in [-0.2, -0.15) is 0 Å². The molecular weight excluding hydrogens is 272 g/mol. The molecule has 0 heterocycles. The van der Waals surface area contributed by atoms with Crippen LogP contribution >= 0.6 is 11.6 Å². The van der Waals surface area contributed by atoms with Crippen molar-refractivity contribution in [2.24, 2.45) is 0 Å². The van der Waals surface area contributed by atoms with Crippen LogP contribution in [0, 0.1) is 11.6 Å². The number of para-hydroxylation sites is 1. The lowest BCUT2D eigenvalue weighted by atomic mass is 10.3. The second-order valence-corrected chi connectivity index (χ2v) is 4.24. The molecule has 0 unspecified atom stereocenters. The summed E-state index contributed by atoms with van der Waals surface area (Å²) in [6.07, 6.45) is 0. The van der Waals surface area contributed by atoms with Crippen LogP contribution in [0.1, 0.15) is 0 Å². The number of ether oxygens (including phenoxy) is 1. The van der Waals surface area contributed by atoms with E-state index < -0.39 is 5.82 Å². The molecule has 19 heavy (non-hydrogen) atoms. The van der Waals surface area contributed by atoms with Gasteiger partial charge in [0.25, 0.3) is 0 Å². The smallest absolute Gasteiger partial charge is 0.146 e. The van der Waals surface area contributed by atoms with Crippen molar-refractivity contribution >= 4 is 17.3 Å². The minimum absolute atomic E-state index is 0.214. The zero-order chi connectivity index (χ0) is 13.7. The Kier molecular flexibility index (Phi) is 4.58. The molecule has 0 spiro atoms. The molecule has 0 atom stereocenters. The Balaban J connectivity index is 1.83. The fraction of sp³-hybridized carbons (Fsp3) is 0.143. The minimum atomic E-state index is -0.415. The number of anilines is 1. The van der Waals surface area contributed by atoms with Crippen LogP contribution in [0.5, 0.6) is 5.75 Å². The molecule has 1 N–H and O–H groups in total. The van der Waals surface area contributed by atoms with Crippen LogP contribution in [-0.4, -0.2) is 13.2 Å². The third-order valence-corrected chi connectivity index (χ3v) is 2.74. The highest BCUT2D eigenvalue weighted by molar-refractivity contribution is 6.32. The summed E-state index contributed by atoms with van der Waals surface area (Å²) in [6.45, 7) is 0.703. The highest BCUT2D eigenvalue weighted by Crippen LogP contribution is 2.24. The molecule has 0 aliphatic heterocycles. The molecule has 5 heteroatoms. The summed E-state index contributed by atoms with van der Waals surface area (Å²) in [5.41, 5.74) is 0.413. The van der Waals surface area contributed by atoms with Gasteiger partial charge in [0.1, 0.15) is 24.0 Å². The zero-order valence-electron chi connectivity index (χ0n) is 10.00. The van der Waals surface area contributed by atoms with Crippen molar-refractivity contribution in [3.63, 3.8) is 0 Å². The fourth-order valence-corrected chi connectivity index (χ4v) is 1.77. The molecule has 2 aromatic carbocycles. The van der Waals surface area contributed by atoms with Gasteiger partial charge in [-0.1, -0.05) is 23.7 Å². The van der Waals surface area contributed by atoms with E-state index in [4.69, 9.17) is 16.3 Å². The predicted octanol–water partition coefficient (Wildman–Crippen LogP) is 4.11. The average Bonchev–Trinajstić information content (AvgIpc) is 2.38. The maximum Gasteiger partial charge on any atom is 0.146 e. The van der Waals surface area contributed by atoms with E-state index in [9.17, 15) is 8.78 Å². The van der Waals surface area contributed by atoms with Crippen LogP contribution in [0.3, 0.4) is 0 Å². The van der Waals surface area contributed by atoms with Crippen molar-refractivity contribution in [1.29, 1.82) is 0 Å². The zero-order valence-corrected chi connectivity index (χ0v) is 10.8. The van der Waals surface area contributed by atoms with Crippen LogP contribution in [0.25, 0.3) is 0 Å². The summed E-state index contributed by atoms with van der Waals surface area (Å²) in [6, 6.07) is 10.3. The van der Waals surface area contributed by atoms with E-state index >= 15 is 0 Å². The monoisotopic (exact) mass is 283 g/mol. The Morgan fingerprint density at radius 1 is 1.11 bits per heavy atom. The summed E-state index contributed by atoms with van der Waals surface area (Å²) in [7, 11) is 0. The van der Waals surface area contributed by atoms with Gasteiger partial charge in [-0.25, -0.2) is 8.78 Å². The molecular formula is C14H12ClF2NO. The quantitative estimate of drug-likeness (QED) is 0.834. The lowest BCUT2D eigenvalue weighted by Crippen LogP contribution is -2.12. The molecule has 2 nitrogen and oxygen atoms in total. The number of hydrogen-bond acceptors (Lipinski definition) is 2. The number of halogens is 3. The fourth-order valence-electron chi connectivity index (χ4n) is 1.54. The molecule has 0 bridgehead atoms. The van der Waals surface area contributed by atoms with Gasteiger partial charge in [0.15, 0.2) is 0 Å². The first-order valence-electron chi connectivity index (χ1n) is 5.73. The Labute approximate surface area is 115 Å². The van der Waals surface area contributed by atoms with Gasteiger partial charge in [0.05, 0.1) is 10.7 Å². The number of rotatable bonds is 5.